The summed E-state index contributed by atoms with van der Waals surface area (Å²) in [6.07, 6.45) is 0. The van der Waals surface area contributed by atoms with Crippen molar-refractivity contribution in [3.05, 3.63) is 130 Å². The molecule has 55 heavy (non-hydrogen) atoms. The van der Waals surface area contributed by atoms with Gasteiger partial charge in [-0.1, -0.05) is 40.9 Å². The summed E-state index contributed by atoms with van der Waals surface area (Å²) in [5.41, 5.74) is -4.05. The number of Topliss-reactive ketones (excluding diaryl/α,β-unsaturated/α-hetero) is 1. The summed E-state index contributed by atoms with van der Waals surface area (Å²) in [5, 5.41) is 45.5. The number of urea groups is 2. The molecular weight excluding hydrogens is 789 g/mol. The Bertz CT molecular complexity index is 2650. The summed E-state index contributed by atoms with van der Waals surface area (Å²) in [5.74, 6) is -4.53. The lowest BCUT2D eigenvalue weighted by molar-refractivity contribution is -0.384. The van der Waals surface area contributed by atoms with Crippen LogP contribution in [0.1, 0.15) is 27.7 Å². The molecule has 3 aromatic carbocycles. The van der Waals surface area contributed by atoms with Crippen LogP contribution in [0.15, 0.2) is 76.3 Å². The molecule has 0 aliphatic rings. The van der Waals surface area contributed by atoms with Crippen molar-refractivity contribution in [2.75, 3.05) is 21.3 Å². The van der Waals surface area contributed by atoms with Crippen molar-refractivity contribution in [2.45, 2.75) is 5.92 Å². The predicted octanol–water partition coefficient (Wildman–Crippen LogP) is 4.11. The minimum Gasteiger partial charge on any atom is -0.308 e. The number of anilines is 4. The molecule has 7 rings (SSSR count). The molecule has 4 amide bonds. The van der Waals surface area contributed by atoms with E-state index in [1.165, 1.54) is 48.5 Å². The number of benzene rings is 3. The first-order valence-electron chi connectivity index (χ1n) is 15.2. The molecule has 6 N–H and O–H groups in total. The standard InChI is InChI=1S/C30H18Cl3N15O7/c31-12-4-8-14(9-5-12)34-29(52)38-27-42-40-25-36-23(50)20(44-46(25)27)18(22(49)16-2-1-3-17(19(16)33)48(54)55)21-24(51)37-26-41-43-28(47(26)45-21)39-30(53)35-15-10-6-13(32)7-11-15/h1-11,18H,(H,36,40,50)(H,37,41,51)(H2,34,38,42,52)(H2,35,39,43,53). The van der Waals surface area contributed by atoms with Crippen molar-refractivity contribution >= 4 is 93.2 Å². The highest BCUT2D eigenvalue weighted by atomic mass is 35.5. The summed E-state index contributed by atoms with van der Waals surface area (Å²) in [6, 6.07) is 13.9. The molecule has 276 valence electrons. The Morgan fingerprint density at radius 2 is 1.13 bits per heavy atom. The smallest absolute Gasteiger partial charge is 0.308 e. The number of halogens is 3. The van der Waals surface area contributed by atoms with E-state index in [1.54, 1.807) is 0 Å². The average molecular weight is 807 g/mol. The summed E-state index contributed by atoms with van der Waals surface area (Å²) in [7, 11) is 0. The van der Waals surface area contributed by atoms with Gasteiger partial charge in [0.1, 0.15) is 22.3 Å². The number of H-pyrrole nitrogens is 2. The Labute approximate surface area is 318 Å². The van der Waals surface area contributed by atoms with Crippen LogP contribution in [-0.2, 0) is 0 Å². The first kappa shape index (κ1) is 36.1. The number of aromatic amines is 2. The van der Waals surface area contributed by atoms with E-state index in [0.29, 0.717) is 21.4 Å². The van der Waals surface area contributed by atoms with Crippen LogP contribution >= 0.6 is 34.8 Å². The number of amides is 4. The number of nitro groups is 1. The third kappa shape index (κ3) is 7.35. The Balaban J connectivity index is 1.33. The van der Waals surface area contributed by atoms with Gasteiger partial charge in [-0.3, -0.25) is 45.1 Å². The Kier molecular flexibility index (Phi) is 9.58. The van der Waals surface area contributed by atoms with Gasteiger partial charge in [-0.25, -0.2) is 9.59 Å². The maximum absolute atomic E-state index is 14.4. The number of nitro benzene ring substituents is 1. The van der Waals surface area contributed by atoms with Crippen LogP contribution in [-0.4, -0.2) is 72.4 Å². The largest absolute Gasteiger partial charge is 0.326 e. The van der Waals surface area contributed by atoms with Gasteiger partial charge in [-0.15, -0.1) is 20.4 Å². The van der Waals surface area contributed by atoms with E-state index in [0.717, 1.165) is 27.2 Å². The van der Waals surface area contributed by atoms with Crippen molar-refractivity contribution in [3.63, 3.8) is 0 Å². The van der Waals surface area contributed by atoms with Crippen molar-refractivity contribution in [1.82, 2.24) is 49.6 Å². The normalized spacial score (nSPS) is 11.1. The van der Waals surface area contributed by atoms with Crippen LogP contribution in [0.4, 0.5) is 38.5 Å². The zero-order chi connectivity index (χ0) is 39.0. The summed E-state index contributed by atoms with van der Waals surface area (Å²) in [6.45, 7) is 0. The third-order valence-electron chi connectivity index (χ3n) is 7.52. The lowest BCUT2D eigenvalue weighted by Crippen LogP contribution is -2.33. The average Bonchev–Trinajstić information content (AvgIpc) is 3.72. The number of carbonyl (C=O) groups excluding carboxylic acids is 3. The SMILES string of the molecule is O=C(Nc1ccc(Cl)cc1)Nc1nnc2[nH]c(=O)c(C(C(=O)c3cccc([N+](=O)[O-])c3Cl)c3nn4c(NC(=O)Nc5ccc(Cl)cc5)nnc4[nH]c3=O)nn12. The number of aromatic nitrogens is 10. The highest BCUT2D eigenvalue weighted by Gasteiger charge is 2.36. The van der Waals surface area contributed by atoms with Crippen molar-refractivity contribution in [1.29, 1.82) is 0 Å². The monoisotopic (exact) mass is 805 g/mol. The van der Waals surface area contributed by atoms with Crippen molar-refractivity contribution < 1.29 is 19.3 Å². The second-order valence-corrected chi connectivity index (χ2v) is 12.3. The molecule has 22 nitrogen and oxygen atoms in total. The predicted molar refractivity (Wildman–Crippen MR) is 195 cm³/mol. The molecule has 0 unspecified atom stereocenters. The number of nitrogens with zero attached hydrogens (tertiary/aromatic N) is 9. The molecule has 0 aliphatic carbocycles. The third-order valence-corrected chi connectivity index (χ3v) is 8.42. The van der Waals surface area contributed by atoms with E-state index >= 15 is 0 Å². The highest BCUT2D eigenvalue weighted by molar-refractivity contribution is 6.36. The Hall–Kier alpha value is -7.30. The molecule has 0 saturated carbocycles. The van der Waals surface area contributed by atoms with Gasteiger partial charge in [0, 0.05) is 33.0 Å². The van der Waals surface area contributed by atoms with Crippen LogP contribution in [0, 0.1) is 10.1 Å². The number of rotatable bonds is 9. The van der Waals surface area contributed by atoms with E-state index in [1.807, 2.05) is 0 Å². The number of fused-ring (bicyclic) bond motifs is 2. The van der Waals surface area contributed by atoms with Gasteiger partial charge in [-0.05, 0) is 54.6 Å². The summed E-state index contributed by atoms with van der Waals surface area (Å²) < 4.78 is 1.71. The van der Waals surface area contributed by atoms with E-state index in [4.69, 9.17) is 34.8 Å². The fourth-order valence-electron chi connectivity index (χ4n) is 5.05. The topological polar surface area (TPSA) is 294 Å². The maximum Gasteiger partial charge on any atom is 0.326 e. The fraction of sp³-hybridized carbons (Fsp3) is 0.0333. The second kappa shape index (κ2) is 14.6. The van der Waals surface area contributed by atoms with Crippen molar-refractivity contribution in [2.24, 2.45) is 0 Å². The minimum atomic E-state index is -2.07. The number of nitrogens with one attached hydrogen (secondary N) is 6. The van der Waals surface area contributed by atoms with Gasteiger partial charge in [-0.2, -0.15) is 19.2 Å². The molecule has 0 bridgehead atoms. The molecular formula is C30H18Cl3N15O7. The minimum absolute atomic E-state index is 0.301. The van der Waals surface area contributed by atoms with E-state index in [2.05, 4.69) is 61.8 Å². The maximum atomic E-state index is 14.4. The molecule has 4 aromatic heterocycles. The first-order valence-corrected chi connectivity index (χ1v) is 16.3. The van der Waals surface area contributed by atoms with E-state index in [9.17, 15) is 34.1 Å². The van der Waals surface area contributed by atoms with Crippen LogP contribution in [0.2, 0.25) is 15.1 Å². The molecule has 4 heterocycles. The molecule has 0 saturated heterocycles. The number of hydrogen-bond donors (Lipinski definition) is 6. The lowest BCUT2D eigenvalue weighted by Gasteiger charge is -2.15. The number of ketones is 1. The van der Waals surface area contributed by atoms with Gasteiger partial charge in [0.05, 0.1) is 4.92 Å². The molecule has 0 fully saturated rings. The Morgan fingerprint density at radius 3 is 1.56 bits per heavy atom. The van der Waals surface area contributed by atoms with E-state index < -0.39 is 67.5 Å². The fourth-order valence-corrected chi connectivity index (χ4v) is 5.59. The van der Waals surface area contributed by atoms with Gasteiger partial charge in [0.15, 0.2) is 5.78 Å². The zero-order valence-corrected chi connectivity index (χ0v) is 29.2. The molecule has 0 aliphatic heterocycles. The highest BCUT2D eigenvalue weighted by Crippen LogP contribution is 2.32. The summed E-state index contributed by atoms with van der Waals surface area (Å²) in [4.78, 5) is 83.0. The second-order valence-electron chi connectivity index (χ2n) is 11.1. The molecule has 0 radical (unpaired) electrons. The first-order chi connectivity index (χ1) is 26.4. The summed E-state index contributed by atoms with van der Waals surface area (Å²) >= 11 is 18.1. The van der Waals surface area contributed by atoms with Crippen molar-refractivity contribution in [3.8, 4) is 0 Å². The van der Waals surface area contributed by atoms with Crippen LogP contribution in [0.3, 0.4) is 0 Å². The van der Waals surface area contributed by atoms with Crippen LogP contribution in [0.25, 0.3) is 11.6 Å². The number of carbonyl (C=O) groups is 3. The van der Waals surface area contributed by atoms with Gasteiger partial charge >= 0.3 is 12.1 Å². The van der Waals surface area contributed by atoms with Gasteiger partial charge < -0.3 is 10.6 Å². The molecule has 7 aromatic rings. The molecule has 0 atom stereocenters. The molecule has 25 heteroatoms. The zero-order valence-electron chi connectivity index (χ0n) is 26.9. The van der Waals surface area contributed by atoms with Gasteiger partial charge in [0.2, 0.25) is 0 Å². The van der Waals surface area contributed by atoms with Crippen LogP contribution in [0.5, 0.6) is 0 Å². The molecule has 0 spiro atoms. The quantitative estimate of drug-likeness (QED) is 0.0681. The van der Waals surface area contributed by atoms with Gasteiger partial charge in [0.25, 0.3) is 40.3 Å². The van der Waals surface area contributed by atoms with E-state index in [-0.39, 0.29) is 23.5 Å². The van der Waals surface area contributed by atoms with Crippen LogP contribution < -0.4 is 32.4 Å². The number of hydrogen-bond acceptors (Lipinski definition) is 13. The lowest BCUT2D eigenvalue weighted by atomic mass is 9.91. The Morgan fingerprint density at radius 1 is 0.673 bits per heavy atom.